The molecule has 3 aromatic rings. The number of benzene rings is 2. The smallest absolute Gasteiger partial charge is 0.395 e. The molecule has 1 aromatic heterocycles. The Bertz CT molecular complexity index is 1210. The van der Waals surface area contributed by atoms with Crippen molar-refractivity contribution in [1.29, 1.82) is 0 Å². The molecule has 0 atom stereocenters. The van der Waals surface area contributed by atoms with Gasteiger partial charge in [0, 0.05) is 5.02 Å². The first-order valence-corrected chi connectivity index (χ1v) is 9.86. The molecule has 0 spiro atoms. The van der Waals surface area contributed by atoms with Crippen molar-refractivity contribution in [2.75, 3.05) is 7.11 Å². The van der Waals surface area contributed by atoms with E-state index in [-0.39, 0.29) is 5.82 Å². The number of hydrogen-bond acceptors (Lipinski definition) is 7. The summed E-state index contributed by atoms with van der Waals surface area (Å²) in [5, 5.41) is 21.0. The molecular weight excluding hydrogens is 494 g/mol. The number of aromatic nitrogens is 2. The number of hydrogen-bond donors (Lipinski definition) is 2. The highest BCUT2D eigenvalue weighted by atomic mass is 79.9. The molecule has 160 valence electrons. The number of halogens is 2. The van der Waals surface area contributed by atoms with E-state index in [0.29, 0.717) is 33.2 Å². The lowest BCUT2D eigenvalue weighted by atomic mass is 10.2. The van der Waals surface area contributed by atoms with Crippen LogP contribution >= 0.6 is 27.5 Å². The zero-order valence-corrected chi connectivity index (χ0v) is 18.3. The lowest BCUT2D eigenvalue weighted by Gasteiger charge is -2.13. The fraction of sp³-hybridized carbons (Fsp3) is 0.100. The lowest BCUT2D eigenvalue weighted by Crippen LogP contribution is -2.14. The first-order chi connectivity index (χ1) is 14.8. The molecule has 0 aliphatic rings. The maximum Gasteiger partial charge on any atom is 0.395 e. The molecule has 0 unspecified atom stereocenters. The third-order valence-corrected chi connectivity index (χ3v) is 4.90. The normalized spacial score (nSPS) is 10.9. The van der Waals surface area contributed by atoms with Crippen LogP contribution in [0.3, 0.4) is 0 Å². The van der Waals surface area contributed by atoms with Crippen molar-refractivity contribution in [2.45, 2.75) is 6.61 Å². The third-order valence-electron chi connectivity index (χ3n) is 4.06. The van der Waals surface area contributed by atoms with Crippen molar-refractivity contribution in [2.24, 2.45) is 0 Å². The highest BCUT2D eigenvalue weighted by Crippen LogP contribution is 2.37. The average Bonchev–Trinajstić information content (AvgIpc) is 2.71. The zero-order valence-electron chi connectivity index (χ0n) is 16.0. The second-order valence-corrected chi connectivity index (χ2v) is 7.45. The number of nitrogens with one attached hydrogen (secondary N) is 1. The molecule has 1 heterocycles. The van der Waals surface area contributed by atoms with Crippen LogP contribution < -0.4 is 15.0 Å². The van der Waals surface area contributed by atoms with Crippen molar-refractivity contribution >= 4 is 45.4 Å². The van der Waals surface area contributed by atoms with Crippen LogP contribution in [-0.4, -0.2) is 27.1 Å². The van der Waals surface area contributed by atoms with Crippen LogP contribution in [0, 0.1) is 10.1 Å². The molecule has 0 aliphatic carbocycles. The van der Waals surface area contributed by atoms with Gasteiger partial charge in [0.1, 0.15) is 12.4 Å². The Kier molecular flexibility index (Phi) is 6.93. The maximum atomic E-state index is 11.7. The Morgan fingerprint density at radius 1 is 1.29 bits per heavy atom. The van der Waals surface area contributed by atoms with Gasteiger partial charge in [-0.2, -0.15) is 4.98 Å². The predicted molar refractivity (Wildman–Crippen MR) is 119 cm³/mol. The third kappa shape index (κ3) is 5.41. The minimum absolute atomic E-state index is 0.0498. The van der Waals surface area contributed by atoms with Crippen molar-refractivity contribution < 1.29 is 19.5 Å². The van der Waals surface area contributed by atoms with E-state index in [4.69, 9.17) is 21.1 Å². The van der Waals surface area contributed by atoms with Gasteiger partial charge in [0.2, 0.25) is 0 Å². The standard InChI is InChI=1S/C20H15BrClN3O6/c1-30-15-9-12(4-7-16-23-19(26)17(25(28)29)20(27)24-16)8-14(21)18(15)31-10-11-2-5-13(22)6-3-11/h2-9H,10H2,1H3,(H2,23,24,26,27)/b7-4+. The van der Waals surface area contributed by atoms with E-state index in [2.05, 4.69) is 25.9 Å². The number of methoxy groups -OCH3 is 1. The van der Waals surface area contributed by atoms with Gasteiger partial charge in [0.05, 0.1) is 16.5 Å². The average molecular weight is 509 g/mol. The van der Waals surface area contributed by atoms with Gasteiger partial charge in [0.15, 0.2) is 11.5 Å². The summed E-state index contributed by atoms with van der Waals surface area (Å²) in [6.45, 7) is 0.300. The van der Waals surface area contributed by atoms with Crippen LogP contribution in [0.4, 0.5) is 5.69 Å². The van der Waals surface area contributed by atoms with Gasteiger partial charge in [-0.25, -0.2) is 0 Å². The molecule has 0 amide bonds. The van der Waals surface area contributed by atoms with E-state index in [9.17, 15) is 20.0 Å². The quantitative estimate of drug-likeness (QED) is 0.354. The van der Waals surface area contributed by atoms with Gasteiger partial charge in [-0.3, -0.25) is 14.9 Å². The second-order valence-electron chi connectivity index (χ2n) is 6.16. The number of nitro groups is 1. The fourth-order valence-electron chi connectivity index (χ4n) is 2.60. The van der Waals surface area contributed by atoms with Gasteiger partial charge in [-0.05, 0) is 57.4 Å². The highest BCUT2D eigenvalue weighted by Gasteiger charge is 2.21. The van der Waals surface area contributed by atoms with Crippen LogP contribution in [0.1, 0.15) is 17.0 Å². The van der Waals surface area contributed by atoms with E-state index in [1.54, 1.807) is 30.3 Å². The maximum absolute atomic E-state index is 11.7. The summed E-state index contributed by atoms with van der Waals surface area (Å²) in [6.07, 6.45) is 2.97. The van der Waals surface area contributed by atoms with Crippen molar-refractivity contribution in [3.05, 3.63) is 83.3 Å². The number of rotatable bonds is 7. The van der Waals surface area contributed by atoms with E-state index in [1.165, 1.54) is 13.2 Å². The number of nitrogens with zero attached hydrogens (tertiary/aromatic N) is 2. The molecule has 11 heteroatoms. The van der Waals surface area contributed by atoms with Crippen LogP contribution in [0.2, 0.25) is 5.02 Å². The number of ether oxygens (including phenoxy) is 2. The monoisotopic (exact) mass is 507 g/mol. The van der Waals surface area contributed by atoms with Gasteiger partial charge < -0.3 is 19.6 Å². The molecule has 0 saturated heterocycles. The second kappa shape index (κ2) is 9.63. The Balaban J connectivity index is 1.83. The molecular formula is C20H15BrClN3O6. The van der Waals surface area contributed by atoms with Crippen LogP contribution in [-0.2, 0) is 6.61 Å². The van der Waals surface area contributed by atoms with E-state index in [1.807, 2.05) is 12.1 Å². The molecule has 3 rings (SSSR count). The van der Waals surface area contributed by atoms with Crippen LogP contribution in [0.15, 0.2) is 45.7 Å². The van der Waals surface area contributed by atoms with Crippen molar-refractivity contribution in [1.82, 2.24) is 9.97 Å². The summed E-state index contributed by atoms with van der Waals surface area (Å²) >= 11 is 9.34. The Morgan fingerprint density at radius 2 is 2.00 bits per heavy atom. The summed E-state index contributed by atoms with van der Waals surface area (Å²) in [7, 11) is 1.50. The zero-order chi connectivity index (χ0) is 22.5. The topological polar surface area (TPSA) is 128 Å². The fourth-order valence-corrected chi connectivity index (χ4v) is 3.30. The van der Waals surface area contributed by atoms with E-state index in [0.717, 1.165) is 5.56 Å². The van der Waals surface area contributed by atoms with Crippen LogP contribution in [0.5, 0.6) is 17.4 Å². The molecule has 0 fully saturated rings. The SMILES string of the molecule is COc1cc(/C=C/c2nc(O)c([N+](=O)[O-])c(=O)[nH]2)cc(Br)c1OCc1ccc(Cl)cc1. The molecule has 9 nitrogen and oxygen atoms in total. The predicted octanol–water partition coefficient (Wildman–Crippen LogP) is 4.56. The summed E-state index contributed by atoms with van der Waals surface area (Å²) in [5.41, 5.74) is -0.482. The van der Waals surface area contributed by atoms with Crippen molar-refractivity contribution in [3.63, 3.8) is 0 Å². The number of aromatic amines is 1. The number of H-pyrrole nitrogens is 1. The number of aromatic hydroxyl groups is 1. The van der Waals surface area contributed by atoms with Gasteiger partial charge in [-0.1, -0.05) is 29.8 Å². The van der Waals surface area contributed by atoms with E-state index < -0.39 is 22.0 Å². The van der Waals surface area contributed by atoms with Crippen LogP contribution in [0.25, 0.3) is 12.2 Å². The summed E-state index contributed by atoms with van der Waals surface area (Å²) in [6, 6.07) is 10.7. The van der Waals surface area contributed by atoms with Gasteiger partial charge >= 0.3 is 11.2 Å². The minimum Gasteiger partial charge on any atom is -0.493 e. The summed E-state index contributed by atoms with van der Waals surface area (Å²) in [5.74, 6) is -0.0607. The molecule has 31 heavy (non-hydrogen) atoms. The first-order valence-electron chi connectivity index (χ1n) is 8.69. The lowest BCUT2D eigenvalue weighted by molar-refractivity contribution is -0.387. The molecule has 0 saturated carbocycles. The van der Waals surface area contributed by atoms with Crippen molar-refractivity contribution in [3.8, 4) is 17.4 Å². The molecule has 2 N–H and O–H groups in total. The Hall–Kier alpha value is -3.37. The minimum atomic E-state index is -1.05. The molecule has 0 aliphatic heterocycles. The Morgan fingerprint density at radius 3 is 2.61 bits per heavy atom. The van der Waals surface area contributed by atoms with Gasteiger partial charge in [0.25, 0.3) is 5.88 Å². The highest BCUT2D eigenvalue weighted by molar-refractivity contribution is 9.10. The molecule has 0 bridgehead atoms. The van der Waals surface area contributed by atoms with E-state index >= 15 is 0 Å². The summed E-state index contributed by atoms with van der Waals surface area (Å²) in [4.78, 5) is 27.3. The molecule has 0 radical (unpaired) electrons. The first kappa shape index (κ1) is 22.3. The molecule has 2 aromatic carbocycles. The van der Waals surface area contributed by atoms with Gasteiger partial charge in [-0.15, -0.1) is 0 Å². The summed E-state index contributed by atoms with van der Waals surface area (Å²) < 4.78 is 11.9. The largest absolute Gasteiger partial charge is 0.493 e. The Labute approximate surface area is 189 Å².